The van der Waals surface area contributed by atoms with Crippen LogP contribution in [-0.4, -0.2) is 23.3 Å². The van der Waals surface area contributed by atoms with Crippen LogP contribution >= 0.6 is 0 Å². The van der Waals surface area contributed by atoms with Gasteiger partial charge in [-0.3, -0.25) is 0 Å². The molecular formula is C26H22N2O2. The van der Waals surface area contributed by atoms with E-state index >= 15 is 0 Å². The molecule has 0 aliphatic heterocycles. The Kier molecular flexibility index (Phi) is 4.81. The van der Waals surface area contributed by atoms with Crippen LogP contribution in [0.2, 0.25) is 0 Å². The minimum absolute atomic E-state index is 0.553. The predicted octanol–water partition coefficient (Wildman–Crippen LogP) is 5.94. The lowest BCUT2D eigenvalue weighted by Gasteiger charge is -2.13. The van der Waals surface area contributed by atoms with Gasteiger partial charge in [0, 0.05) is 10.9 Å². The Labute approximate surface area is 175 Å². The van der Waals surface area contributed by atoms with Crippen molar-refractivity contribution in [2.75, 3.05) is 13.7 Å². The minimum atomic E-state index is 0.553. The molecule has 0 fully saturated rings. The molecule has 5 aromatic rings. The van der Waals surface area contributed by atoms with Crippen molar-refractivity contribution < 1.29 is 9.47 Å². The number of benzene rings is 4. The van der Waals surface area contributed by atoms with Crippen molar-refractivity contribution in [2.24, 2.45) is 0 Å². The second-order valence-corrected chi connectivity index (χ2v) is 7.13. The molecule has 5 rings (SSSR count). The van der Waals surface area contributed by atoms with E-state index in [1.54, 1.807) is 7.11 Å². The molecule has 4 aromatic carbocycles. The molecule has 0 saturated carbocycles. The van der Waals surface area contributed by atoms with E-state index < -0.39 is 0 Å². The maximum atomic E-state index is 6.20. The van der Waals surface area contributed by atoms with Crippen LogP contribution < -0.4 is 9.47 Å². The number of ether oxygens (including phenoxy) is 2. The summed E-state index contributed by atoms with van der Waals surface area (Å²) in [6.07, 6.45) is 0. The Morgan fingerprint density at radius 3 is 2.43 bits per heavy atom. The van der Waals surface area contributed by atoms with E-state index in [4.69, 9.17) is 14.5 Å². The average Bonchev–Trinajstić information content (AvgIpc) is 3.18. The summed E-state index contributed by atoms with van der Waals surface area (Å²) in [6, 6.07) is 30.7. The van der Waals surface area contributed by atoms with E-state index in [9.17, 15) is 0 Å². The number of imidazole rings is 1. The van der Waals surface area contributed by atoms with Gasteiger partial charge in [-0.05, 0) is 47.9 Å². The molecule has 1 heterocycles. The van der Waals surface area contributed by atoms with Gasteiger partial charge in [-0.25, -0.2) is 4.98 Å². The molecule has 0 radical (unpaired) electrons. The first-order valence-electron chi connectivity index (χ1n) is 10.0. The number of rotatable bonds is 6. The lowest BCUT2D eigenvalue weighted by atomic mass is 10.1. The van der Waals surface area contributed by atoms with Crippen molar-refractivity contribution in [1.29, 1.82) is 0 Å². The summed E-state index contributed by atoms with van der Waals surface area (Å²) in [7, 11) is 1.68. The standard InChI is InChI=1S/C26H22N2O2/c1-29-21-15-13-20(14-16-21)26-27-23-10-4-5-11-24(23)28(26)17-18-30-25-12-6-8-19-7-2-3-9-22(19)25/h2-16H,17-18H2,1H3. The number of fused-ring (bicyclic) bond motifs is 2. The maximum absolute atomic E-state index is 6.20. The summed E-state index contributed by atoms with van der Waals surface area (Å²) >= 11 is 0. The van der Waals surface area contributed by atoms with E-state index in [0.29, 0.717) is 13.2 Å². The Bertz CT molecular complexity index is 1300. The van der Waals surface area contributed by atoms with Gasteiger partial charge in [-0.2, -0.15) is 0 Å². The monoisotopic (exact) mass is 394 g/mol. The third kappa shape index (κ3) is 3.37. The van der Waals surface area contributed by atoms with Crippen molar-refractivity contribution in [2.45, 2.75) is 6.54 Å². The fourth-order valence-corrected chi connectivity index (χ4v) is 3.83. The highest BCUT2D eigenvalue weighted by atomic mass is 16.5. The SMILES string of the molecule is COc1ccc(-c2nc3ccccc3n2CCOc2cccc3ccccc23)cc1. The fourth-order valence-electron chi connectivity index (χ4n) is 3.83. The Morgan fingerprint density at radius 2 is 1.57 bits per heavy atom. The van der Waals surface area contributed by atoms with Gasteiger partial charge in [-0.15, -0.1) is 0 Å². The number of hydrogen-bond acceptors (Lipinski definition) is 3. The van der Waals surface area contributed by atoms with E-state index in [1.165, 1.54) is 5.39 Å². The summed E-state index contributed by atoms with van der Waals surface area (Å²) in [4.78, 5) is 4.88. The van der Waals surface area contributed by atoms with Crippen LogP contribution in [0.5, 0.6) is 11.5 Å². The summed E-state index contributed by atoms with van der Waals surface area (Å²) in [5.41, 5.74) is 3.13. The van der Waals surface area contributed by atoms with Crippen molar-refractivity contribution in [3.63, 3.8) is 0 Å². The smallest absolute Gasteiger partial charge is 0.141 e. The topological polar surface area (TPSA) is 36.3 Å². The number of nitrogens with zero attached hydrogens (tertiary/aromatic N) is 2. The third-order valence-corrected chi connectivity index (χ3v) is 5.32. The van der Waals surface area contributed by atoms with Crippen LogP contribution in [0.4, 0.5) is 0 Å². The quantitative estimate of drug-likeness (QED) is 0.357. The molecule has 0 N–H and O–H groups in total. The molecule has 1 aromatic heterocycles. The van der Waals surface area contributed by atoms with Gasteiger partial charge < -0.3 is 14.0 Å². The minimum Gasteiger partial charge on any atom is -0.497 e. The number of hydrogen-bond donors (Lipinski definition) is 0. The largest absolute Gasteiger partial charge is 0.497 e. The van der Waals surface area contributed by atoms with Crippen LogP contribution in [0.1, 0.15) is 0 Å². The maximum Gasteiger partial charge on any atom is 0.141 e. The molecule has 0 saturated heterocycles. The summed E-state index contributed by atoms with van der Waals surface area (Å²) in [5, 5.41) is 2.31. The molecule has 4 nitrogen and oxygen atoms in total. The van der Waals surface area contributed by atoms with E-state index in [2.05, 4.69) is 28.8 Å². The first-order chi connectivity index (χ1) is 14.8. The van der Waals surface area contributed by atoms with Gasteiger partial charge in [-0.1, -0.05) is 48.5 Å². The molecule has 0 atom stereocenters. The van der Waals surface area contributed by atoms with Crippen LogP contribution in [0.3, 0.4) is 0 Å². The summed E-state index contributed by atoms with van der Waals surface area (Å²) in [5.74, 6) is 2.67. The molecule has 0 unspecified atom stereocenters. The molecule has 0 aliphatic rings. The van der Waals surface area contributed by atoms with Crippen LogP contribution in [0.15, 0.2) is 91.0 Å². The van der Waals surface area contributed by atoms with Gasteiger partial charge >= 0.3 is 0 Å². The van der Waals surface area contributed by atoms with Crippen LogP contribution in [0.25, 0.3) is 33.2 Å². The molecule has 30 heavy (non-hydrogen) atoms. The Balaban J connectivity index is 1.46. The average molecular weight is 394 g/mol. The Morgan fingerprint density at radius 1 is 0.800 bits per heavy atom. The predicted molar refractivity (Wildman–Crippen MR) is 121 cm³/mol. The number of para-hydroxylation sites is 2. The van der Waals surface area contributed by atoms with Crippen molar-refractivity contribution in [1.82, 2.24) is 9.55 Å². The van der Waals surface area contributed by atoms with Crippen molar-refractivity contribution in [3.8, 4) is 22.9 Å². The number of methoxy groups -OCH3 is 1. The zero-order chi connectivity index (χ0) is 20.3. The highest BCUT2D eigenvalue weighted by Gasteiger charge is 2.13. The second-order valence-electron chi connectivity index (χ2n) is 7.13. The van der Waals surface area contributed by atoms with Crippen molar-refractivity contribution in [3.05, 3.63) is 91.0 Å². The second kappa shape index (κ2) is 7.91. The van der Waals surface area contributed by atoms with Gasteiger partial charge in [0.15, 0.2) is 0 Å². The van der Waals surface area contributed by atoms with E-state index in [1.807, 2.05) is 66.7 Å². The van der Waals surface area contributed by atoms with Gasteiger partial charge in [0.1, 0.15) is 23.9 Å². The lowest BCUT2D eigenvalue weighted by molar-refractivity contribution is 0.304. The van der Waals surface area contributed by atoms with E-state index in [0.717, 1.165) is 39.3 Å². The zero-order valence-corrected chi connectivity index (χ0v) is 16.8. The van der Waals surface area contributed by atoms with Gasteiger partial charge in [0.05, 0.1) is 24.7 Å². The molecule has 148 valence electrons. The fraction of sp³-hybridized carbons (Fsp3) is 0.115. The van der Waals surface area contributed by atoms with Gasteiger partial charge in [0.25, 0.3) is 0 Å². The number of aromatic nitrogens is 2. The Hall–Kier alpha value is -3.79. The molecule has 0 aliphatic carbocycles. The zero-order valence-electron chi connectivity index (χ0n) is 16.8. The third-order valence-electron chi connectivity index (χ3n) is 5.32. The molecule has 0 bridgehead atoms. The molecule has 4 heteroatoms. The molecule has 0 amide bonds. The lowest BCUT2D eigenvalue weighted by Crippen LogP contribution is -2.09. The van der Waals surface area contributed by atoms with Crippen LogP contribution in [0, 0.1) is 0 Å². The normalized spacial score (nSPS) is 11.1. The first kappa shape index (κ1) is 18.3. The molecule has 0 spiro atoms. The highest BCUT2D eigenvalue weighted by Crippen LogP contribution is 2.28. The summed E-state index contributed by atoms with van der Waals surface area (Å²) in [6.45, 7) is 1.25. The summed E-state index contributed by atoms with van der Waals surface area (Å²) < 4.78 is 13.7. The highest BCUT2D eigenvalue weighted by molar-refractivity contribution is 5.88. The van der Waals surface area contributed by atoms with Gasteiger partial charge in [0.2, 0.25) is 0 Å². The van der Waals surface area contributed by atoms with E-state index in [-0.39, 0.29) is 0 Å². The van der Waals surface area contributed by atoms with Crippen molar-refractivity contribution >= 4 is 21.8 Å². The first-order valence-corrected chi connectivity index (χ1v) is 10.0. The van der Waals surface area contributed by atoms with Crippen LogP contribution in [-0.2, 0) is 6.54 Å². The molecular weight excluding hydrogens is 372 g/mol.